The fourth-order valence-corrected chi connectivity index (χ4v) is 3.02. The van der Waals surface area contributed by atoms with Crippen LogP contribution in [0.2, 0.25) is 0 Å². The zero-order chi connectivity index (χ0) is 19.4. The number of carbonyl (C=O) groups excluding carboxylic acids is 3. The Hall–Kier alpha value is -3.22. The molecule has 1 aliphatic rings. The lowest BCUT2D eigenvalue weighted by Crippen LogP contribution is -2.36. The van der Waals surface area contributed by atoms with E-state index < -0.39 is 17.8 Å². The second kappa shape index (κ2) is 7.99. The number of carbonyl (C=O) groups is 3. The highest BCUT2D eigenvalue weighted by Gasteiger charge is 2.38. The highest BCUT2D eigenvalue weighted by Crippen LogP contribution is 2.23. The van der Waals surface area contributed by atoms with Gasteiger partial charge in [0.15, 0.2) is 0 Å². The second-order valence-corrected chi connectivity index (χ2v) is 6.40. The van der Waals surface area contributed by atoms with Gasteiger partial charge in [0.25, 0.3) is 5.91 Å². The monoisotopic (exact) mass is 369 g/mol. The number of anilines is 2. The number of amides is 3. The molecule has 0 saturated carbocycles. The molecule has 0 aliphatic carbocycles. The molecule has 6 nitrogen and oxygen atoms in total. The van der Waals surface area contributed by atoms with E-state index in [9.17, 15) is 18.8 Å². The standard InChI is InChI=1S/C20H20FN3O3/c1-13(25)22-17-11-15(7-8-16(17)21)23-18-12-19(26)24(20(18)27)10-9-14-5-3-2-4-6-14/h2-8,11,18,23H,9-10,12H2,1H3,(H,22,25)/t18-/m1/s1. The van der Waals surface area contributed by atoms with Gasteiger partial charge in [0.05, 0.1) is 12.1 Å². The Morgan fingerprint density at radius 3 is 2.63 bits per heavy atom. The molecule has 1 saturated heterocycles. The van der Waals surface area contributed by atoms with Crippen LogP contribution in [0.4, 0.5) is 15.8 Å². The van der Waals surface area contributed by atoms with E-state index in [1.807, 2.05) is 30.3 Å². The van der Waals surface area contributed by atoms with Crippen molar-refractivity contribution in [3.63, 3.8) is 0 Å². The minimum atomic E-state index is -0.705. The summed E-state index contributed by atoms with van der Waals surface area (Å²) in [5.41, 5.74) is 1.52. The molecule has 27 heavy (non-hydrogen) atoms. The summed E-state index contributed by atoms with van der Waals surface area (Å²) in [5, 5.41) is 5.35. The van der Waals surface area contributed by atoms with E-state index in [2.05, 4.69) is 10.6 Å². The zero-order valence-corrected chi connectivity index (χ0v) is 14.9. The van der Waals surface area contributed by atoms with Crippen molar-refractivity contribution in [1.29, 1.82) is 0 Å². The van der Waals surface area contributed by atoms with Gasteiger partial charge < -0.3 is 10.6 Å². The van der Waals surface area contributed by atoms with Gasteiger partial charge in [-0.05, 0) is 30.2 Å². The summed E-state index contributed by atoms with van der Waals surface area (Å²) in [5.74, 6) is -1.52. The summed E-state index contributed by atoms with van der Waals surface area (Å²) < 4.78 is 13.7. The molecule has 3 rings (SSSR count). The number of likely N-dealkylation sites (tertiary alicyclic amines) is 1. The first-order valence-corrected chi connectivity index (χ1v) is 8.66. The number of hydrogen-bond acceptors (Lipinski definition) is 4. The molecule has 0 aromatic heterocycles. The quantitative estimate of drug-likeness (QED) is 0.767. The average Bonchev–Trinajstić information content (AvgIpc) is 2.90. The molecule has 140 valence electrons. The van der Waals surface area contributed by atoms with E-state index in [1.165, 1.54) is 30.0 Å². The molecular formula is C20H20FN3O3. The molecule has 3 amide bonds. The van der Waals surface area contributed by atoms with Gasteiger partial charge in [-0.3, -0.25) is 19.3 Å². The van der Waals surface area contributed by atoms with Crippen LogP contribution < -0.4 is 10.6 Å². The second-order valence-electron chi connectivity index (χ2n) is 6.40. The fourth-order valence-electron chi connectivity index (χ4n) is 3.02. The molecule has 2 N–H and O–H groups in total. The Balaban J connectivity index is 1.65. The number of nitrogens with zero attached hydrogens (tertiary/aromatic N) is 1. The molecule has 0 spiro atoms. The first-order valence-electron chi connectivity index (χ1n) is 8.66. The van der Waals surface area contributed by atoms with Crippen LogP contribution in [-0.2, 0) is 20.8 Å². The summed E-state index contributed by atoms with van der Waals surface area (Å²) in [6, 6.07) is 13.0. The van der Waals surface area contributed by atoms with E-state index in [1.54, 1.807) is 0 Å². The van der Waals surface area contributed by atoms with Gasteiger partial charge in [-0.2, -0.15) is 0 Å². The minimum absolute atomic E-state index is 0.0187. The Labute approximate surface area is 156 Å². The molecule has 1 heterocycles. The summed E-state index contributed by atoms with van der Waals surface area (Å²) >= 11 is 0. The molecule has 1 fully saturated rings. The average molecular weight is 369 g/mol. The van der Waals surface area contributed by atoms with Gasteiger partial charge in [0, 0.05) is 19.2 Å². The first kappa shape index (κ1) is 18.6. The molecule has 0 unspecified atom stereocenters. The number of imide groups is 1. The number of benzene rings is 2. The third-order valence-corrected chi connectivity index (χ3v) is 4.33. The summed E-state index contributed by atoms with van der Waals surface area (Å²) in [4.78, 5) is 37.2. The van der Waals surface area contributed by atoms with Crippen molar-refractivity contribution in [1.82, 2.24) is 4.90 Å². The van der Waals surface area contributed by atoms with Crippen molar-refractivity contribution < 1.29 is 18.8 Å². The first-order chi connectivity index (χ1) is 12.9. The SMILES string of the molecule is CC(=O)Nc1cc(N[C@@H]2CC(=O)N(CCc3ccccc3)C2=O)ccc1F. The minimum Gasteiger partial charge on any atom is -0.373 e. The summed E-state index contributed by atoms with van der Waals surface area (Å²) in [7, 11) is 0. The van der Waals surface area contributed by atoms with Crippen LogP contribution in [0.3, 0.4) is 0 Å². The van der Waals surface area contributed by atoms with E-state index in [0.29, 0.717) is 18.7 Å². The molecule has 7 heteroatoms. The summed E-state index contributed by atoms with van der Waals surface area (Å²) in [6.45, 7) is 1.60. The highest BCUT2D eigenvalue weighted by atomic mass is 19.1. The van der Waals surface area contributed by atoms with Crippen LogP contribution in [0.5, 0.6) is 0 Å². The van der Waals surface area contributed by atoms with Crippen LogP contribution in [0.15, 0.2) is 48.5 Å². The van der Waals surface area contributed by atoms with Crippen LogP contribution in [0.25, 0.3) is 0 Å². The van der Waals surface area contributed by atoms with Gasteiger partial charge in [-0.15, -0.1) is 0 Å². The Morgan fingerprint density at radius 1 is 1.19 bits per heavy atom. The van der Waals surface area contributed by atoms with Crippen LogP contribution in [0, 0.1) is 5.82 Å². The van der Waals surface area contributed by atoms with Crippen molar-refractivity contribution in [2.45, 2.75) is 25.8 Å². The molecule has 0 radical (unpaired) electrons. The maximum Gasteiger partial charge on any atom is 0.252 e. The number of nitrogens with one attached hydrogen (secondary N) is 2. The smallest absolute Gasteiger partial charge is 0.252 e. The molecule has 0 bridgehead atoms. The number of rotatable bonds is 6. The maximum absolute atomic E-state index is 13.7. The lowest BCUT2D eigenvalue weighted by atomic mass is 10.1. The van der Waals surface area contributed by atoms with Gasteiger partial charge in [-0.1, -0.05) is 30.3 Å². The maximum atomic E-state index is 13.7. The van der Waals surface area contributed by atoms with Crippen LogP contribution in [-0.4, -0.2) is 35.2 Å². The molecule has 2 aromatic rings. The summed E-state index contributed by atoms with van der Waals surface area (Å²) in [6.07, 6.45) is 0.634. The zero-order valence-electron chi connectivity index (χ0n) is 14.9. The topological polar surface area (TPSA) is 78.5 Å². The van der Waals surface area contributed by atoms with E-state index in [0.717, 1.165) is 5.56 Å². The van der Waals surface area contributed by atoms with E-state index in [-0.39, 0.29) is 23.9 Å². The van der Waals surface area contributed by atoms with Crippen molar-refractivity contribution >= 4 is 29.1 Å². The van der Waals surface area contributed by atoms with Crippen molar-refractivity contribution in [3.05, 3.63) is 59.9 Å². The molecule has 1 atom stereocenters. The third-order valence-electron chi connectivity index (χ3n) is 4.33. The largest absolute Gasteiger partial charge is 0.373 e. The lowest BCUT2D eigenvalue weighted by molar-refractivity contribution is -0.138. The van der Waals surface area contributed by atoms with Crippen LogP contribution >= 0.6 is 0 Å². The van der Waals surface area contributed by atoms with Gasteiger partial charge in [-0.25, -0.2) is 4.39 Å². The van der Waals surface area contributed by atoms with Crippen molar-refractivity contribution in [3.8, 4) is 0 Å². The normalized spacial score (nSPS) is 16.5. The molecule has 2 aromatic carbocycles. The lowest BCUT2D eigenvalue weighted by Gasteiger charge is -2.16. The fraction of sp³-hybridized carbons (Fsp3) is 0.250. The number of hydrogen-bond donors (Lipinski definition) is 2. The van der Waals surface area contributed by atoms with Gasteiger partial charge in [0.1, 0.15) is 11.9 Å². The van der Waals surface area contributed by atoms with Crippen molar-refractivity contribution in [2.24, 2.45) is 0 Å². The van der Waals surface area contributed by atoms with Crippen molar-refractivity contribution in [2.75, 3.05) is 17.2 Å². The predicted octanol–water partition coefficient (Wildman–Crippen LogP) is 2.57. The Bertz CT molecular complexity index is 870. The predicted molar refractivity (Wildman–Crippen MR) is 99.6 cm³/mol. The van der Waals surface area contributed by atoms with Crippen LogP contribution in [0.1, 0.15) is 18.9 Å². The Morgan fingerprint density at radius 2 is 1.93 bits per heavy atom. The molecular weight excluding hydrogens is 349 g/mol. The van der Waals surface area contributed by atoms with Gasteiger partial charge >= 0.3 is 0 Å². The third kappa shape index (κ3) is 4.49. The highest BCUT2D eigenvalue weighted by molar-refractivity contribution is 6.06. The Kier molecular flexibility index (Phi) is 5.49. The van der Waals surface area contributed by atoms with E-state index >= 15 is 0 Å². The number of halogens is 1. The molecule has 1 aliphatic heterocycles. The van der Waals surface area contributed by atoms with E-state index in [4.69, 9.17) is 0 Å². The van der Waals surface area contributed by atoms with Gasteiger partial charge in [0.2, 0.25) is 11.8 Å².